The third kappa shape index (κ3) is 4.87. The number of nitrogens with zero attached hydrogens (tertiary/aromatic N) is 1. The summed E-state index contributed by atoms with van der Waals surface area (Å²) in [7, 11) is -3.78. The molecule has 1 saturated carbocycles. The van der Waals surface area contributed by atoms with E-state index < -0.39 is 14.6 Å². The summed E-state index contributed by atoms with van der Waals surface area (Å²) in [4.78, 5) is 16.3. The molecule has 33 heavy (non-hydrogen) atoms. The van der Waals surface area contributed by atoms with Crippen molar-refractivity contribution in [3.05, 3.63) is 64.7 Å². The highest BCUT2D eigenvalue weighted by Crippen LogP contribution is 2.42. The molecule has 6 heteroatoms. The van der Waals surface area contributed by atoms with Crippen molar-refractivity contribution >= 4 is 15.7 Å². The zero-order chi connectivity index (χ0) is 23.6. The number of amides is 1. The lowest BCUT2D eigenvalue weighted by Gasteiger charge is -2.35. The monoisotopic (exact) mass is 468 g/mol. The van der Waals surface area contributed by atoms with Crippen LogP contribution in [0.2, 0.25) is 0 Å². The fraction of sp³-hybridized carbons (Fsp3) is 0.519. The lowest BCUT2D eigenvalue weighted by atomic mass is 10.0. The molecule has 0 unspecified atom stereocenters. The zero-order valence-electron chi connectivity index (χ0n) is 20.1. The van der Waals surface area contributed by atoms with Crippen LogP contribution in [0.25, 0.3) is 0 Å². The van der Waals surface area contributed by atoms with Crippen LogP contribution in [-0.4, -0.2) is 43.1 Å². The SMILES string of the molecule is Cc1cccc(CN2CCC(NC(=O)C3(S(=O)(=O)c4cc(C)ccc4C)CCCC3)CC2)c1. The van der Waals surface area contributed by atoms with Gasteiger partial charge in [-0.1, -0.05) is 54.8 Å². The second-order valence-corrected chi connectivity index (χ2v) is 12.2. The summed E-state index contributed by atoms with van der Waals surface area (Å²) in [6.45, 7) is 8.52. The van der Waals surface area contributed by atoms with Gasteiger partial charge in [0.1, 0.15) is 0 Å². The highest BCUT2D eigenvalue weighted by Gasteiger charge is 2.53. The second kappa shape index (κ2) is 9.59. The predicted molar refractivity (Wildman–Crippen MR) is 132 cm³/mol. The molecular weight excluding hydrogens is 432 g/mol. The van der Waals surface area contributed by atoms with Gasteiger partial charge in [0.05, 0.1) is 4.90 Å². The molecule has 2 aromatic carbocycles. The number of carbonyl (C=O) groups is 1. The largest absolute Gasteiger partial charge is 0.352 e. The molecule has 178 valence electrons. The summed E-state index contributed by atoms with van der Waals surface area (Å²) in [6.07, 6.45) is 4.04. The molecule has 1 heterocycles. The van der Waals surface area contributed by atoms with Crippen LogP contribution in [0.5, 0.6) is 0 Å². The van der Waals surface area contributed by atoms with Crippen LogP contribution in [0, 0.1) is 20.8 Å². The average molecular weight is 469 g/mol. The molecular formula is C27H36N2O3S. The molecule has 1 saturated heterocycles. The van der Waals surface area contributed by atoms with Crippen molar-refractivity contribution in [2.24, 2.45) is 0 Å². The maximum Gasteiger partial charge on any atom is 0.242 e. The number of likely N-dealkylation sites (tertiary alicyclic amines) is 1. The van der Waals surface area contributed by atoms with Crippen LogP contribution in [0.3, 0.4) is 0 Å². The average Bonchev–Trinajstić information content (AvgIpc) is 3.29. The normalized spacial score (nSPS) is 19.5. The molecule has 1 N–H and O–H groups in total. The van der Waals surface area contributed by atoms with Gasteiger partial charge in [-0.3, -0.25) is 9.69 Å². The standard InChI is InChI=1S/C27H36N2O3S/c1-20-7-6-8-23(17-20)19-29-15-11-24(12-16-29)28-26(30)27(13-4-5-14-27)33(31,32)25-18-21(2)9-10-22(25)3/h6-10,17-18,24H,4-5,11-16,19H2,1-3H3,(H,28,30). The van der Waals surface area contributed by atoms with E-state index in [4.69, 9.17) is 0 Å². The van der Waals surface area contributed by atoms with Crippen LogP contribution in [0.1, 0.15) is 60.8 Å². The first kappa shape index (κ1) is 24.0. The lowest BCUT2D eigenvalue weighted by Crippen LogP contribution is -2.55. The van der Waals surface area contributed by atoms with Gasteiger partial charge in [0.25, 0.3) is 0 Å². The molecule has 5 nitrogen and oxygen atoms in total. The molecule has 2 aromatic rings. The number of piperidine rings is 1. The first-order chi connectivity index (χ1) is 15.7. The molecule has 1 amide bonds. The minimum atomic E-state index is -3.78. The molecule has 1 aliphatic carbocycles. The van der Waals surface area contributed by atoms with E-state index in [9.17, 15) is 13.2 Å². The lowest BCUT2D eigenvalue weighted by molar-refractivity contribution is -0.124. The van der Waals surface area contributed by atoms with Crippen molar-refractivity contribution in [3.8, 4) is 0 Å². The molecule has 1 aliphatic heterocycles. The topological polar surface area (TPSA) is 66.5 Å². The van der Waals surface area contributed by atoms with Gasteiger partial charge in [0, 0.05) is 25.7 Å². The van der Waals surface area contributed by atoms with Crippen molar-refractivity contribution in [1.29, 1.82) is 0 Å². The number of carbonyl (C=O) groups excluding carboxylic acids is 1. The van der Waals surface area contributed by atoms with E-state index in [0.717, 1.165) is 50.9 Å². The van der Waals surface area contributed by atoms with Gasteiger partial charge in [0.2, 0.25) is 5.91 Å². The maximum atomic E-state index is 13.8. The van der Waals surface area contributed by atoms with Gasteiger partial charge in [-0.2, -0.15) is 0 Å². The summed E-state index contributed by atoms with van der Waals surface area (Å²) >= 11 is 0. The summed E-state index contributed by atoms with van der Waals surface area (Å²) in [5.74, 6) is -0.293. The van der Waals surface area contributed by atoms with Gasteiger partial charge in [0.15, 0.2) is 14.6 Å². The Balaban J connectivity index is 1.45. The molecule has 2 fully saturated rings. The van der Waals surface area contributed by atoms with Gasteiger partial charge in [-0.05, 0) is 69.2 Å². The van der Waals surface area contributed by atoms with Gasteiger partial charge in [-0.15, -0.1) is 0 Å². The predicted octanol–water partition coefficient (Wildman–Crippen LogP) is 4.48. The Bertz CT molecular complexity index is 1110. The number of hydrogen-bond acceptors (Lipinski definition) is 4. The molecule has 0 bridgehead atoms. The van der Waals surface area contributed by atoms with Crippen LogP contribution in [0.15, 0.2) is 47.4 Å². The Morgan fingerprint density at radius 2 is 1.67 bits per heavy atom. The number of sulfone groups is 1. The first-order valence-corrected chi connectivity index (χ1v) is 13.6. The van der Waals surface area contributed by atoms with E-state index in [2.05, 4.69) is 41.4 Å². The quantitative estimate of drug-likeness (QED) is 0.679. The van der Waals surface area contributed by atoms with E-state index in [0.29, 0.717) is 23.3 Å². The van der Waals surface area contributed by atoms with Crippen LogP contribution < -0.4 is 5.32 Å². The summed E-state index contributed by atoms with van der Waals surface area (Å²) < 4.78 is 26.3. The summed E-state index contributed by atoms with van der Waals surface area (Å²) in [6, 6.07) is 14.1. The van der Waals surface area contributed by atoms with Crippen molar-refractivity contribution in [2.75, 3.05) is 13.1 Å². The molecule has 0 spiro atoms. The third-order valence-electron chi connectivity index (χ3n) is 7.38. The minimum Gasteiger partial charge on any atom is -0.352 e. The van der Waals surface area contributed by atoms with Gasteiger partial charge >= 0.3 is 0 Å². The van der Waals surface area contributed by atoms with Crippen LogP contribution >= 0.6 is 0 Å². The third-order valence-corrected chi connectivity index (χ3v) is 10.0. The zero-order valence-corrected chi connectivity index (χ0v) is 20.9. The number of benzene rings is 2. The van der Waals surface area contributed by atoms with Gasteiger partial charge < -0.3 is 5.32 Å². The number of aryl methyl sites for hydroxylation is 3. The number of nitrogens with one attached hydrogen (secondary N) is 1. The van der Waals surface area contributed by atoms with Crippen LogP contribution in [-0.2, 0) is 21.2 Å². The highest BCUT2D eigenvalue weighted by molar-refractivity contribution is 7.93. The Labute approximate surface area is 198 Å². The first-order valence-electron chi connectivity index (χ1n) is 12.1. The van der Waals surface area contributed by atoms with E-state index in [1.54, 1.807) is 6.07 Å². The van der Waals surface area contributed by atoms with E-state index in [1.807, 2.05) is 26.0 Å². The molecule has 2 aliphatic rings. The minimum absolute atomic E-state index is 0.0255. The maximum absolute atomic E-state index is 13.8. The number of rotatable bonds is 6. The fourth-order valence-electron chi connectivity index (χ4n) is 5.39. The molecule has 0 aromatic heterocycles. The van der Waals surface area contributed by atoms with Crippen molar-refractivity contribution in [1.82, 2.24) is 10.2 Å². The summed E-state index contributed by atoms with van der Waals surface area (Å²) in [5.41, 5.74) is 4.18. The van der Waals surface area contributed by atoms with E-state index in [1.165, 1.54) is 11.1 Å². The van der Waals surface area contributed by atoms with Gasteiger partial charge in [-0.25, -0.2) is 8.42 Å². The van der Waals surface area contributed by atoms with Crippen LogP contribution in [0.4, 0.5) is 0 Å². The summed E-state index contributed by atoms with van der Waals surface area (Å²) in [5, 5.41) is 3.16. The second-order valence-electron chi connectivity index (χ2n) is 9.99. The number of hydrogen-bond donors (Lipinski definition) is 1. The van der Waals surface area contributed by atoms with Crippen molar-refractivity contribution < 1.29 is 13.2 Å². The fourth-order valence-corrected chi connectivity index (χ4v) is 7.78. The Morgan fingerprint density at radius 1 is 1.00 bits per heavy atom. The van der Waals surface area contributed by atoms with E-state index >= 15 is 0 Å². The Kier molecular flexibility index (Phi) is 6.96. The molecule has 0 radical (unpaired) electrons. The Morgan fingerprint density at radius 3 is 2.33 bits per heavy atom. The molecule has 4 rings (SSSR count). The van der Waals surface area contributed by atoms with Crippen molar-refractivity contribution in [3.63, 3.8) is 0 Å². The van der Waals surface area contributed by atoms with E-state index in [-0.39, 0.29) is 11.9 Å². The molecule has 0 atom stereocenters. The van der Waals surface area contributed by atoms with Crippen molar-refractivity contribution in [2.45, 2.75) is 81.5 Å². The highest BCUT2D eigenvalue weighted by atomic mass is 32.2. The smallest absolute Gasteiger partial charge is 0.242 e. The Hall–Kier alpha value is -2.18.